The molecule has 2 saturated heterocycles. The first-order valence-corrected chi connectivity index (χ1v) is 7.14. The van der Waals surface area contributed by atoms with Crippen molar-refractivity contribution in [3.63, 3.8) is 0 Å². The average molecular weight is 213 g/mol. The van der Waals surface area contributed by atoms with Crippen LogP contribution in [0.5, 0.6) is 0 Å². The van der Waals surface area contributed by atoms with Crippen molar-refractivity contribution in [2.45, 2.75) is 56.7 Å². The van der Waals surface area contributed by atoms with Gasteiger partial charge in [-0.15, -0.1) is 0 Å². The number of thioether (sulfide) groups is 1. The van der Waals surface area contributed by atoms with Gasteiger partial charge in [-0.1, -0.05) is 13.8 Å². The minimum Gasteiger partial charge on any atom is -0.311 e. The second-order valence-corrected chi connectivity index (χ2v) is 6.59. The van der Waals surface area contributed by atoms with E-state index in [4.69, 9.17) is 0 Å². The molecule has 2 heteroatoms. The van der Waals surface area contributed by atoms with Crippen molar-refractivity contribution in [2.24, 2.45) is 5.92 Å². The highest BCUT2D eigenvalue weighted by Crippen LogP contribution is 2.39. The summed E-state index contributed by atoms with van der Waals surface area (Å²) in [7, 11) is 0. The van der Waals surface area contributed by atoms with Gasteiger partial charge >= 0.3 is 0 Å². The van der Waals surface area contributed by atoms with Crippen molar-refractivity contribution in [1.29, 1.82) is 0 Å². The fraction of sp³-hybridized carbons (Fsp3) is 1.00. The molecule has 2 fully saturated rings. The molecule has 2 atom stereocenters. The van der Waals surface area contributed by atoms with Gasteiger partial charge in [-0.2, -0.15) is 11.8 Å². The van der Waals surface area contributed by atoms with Crippen LogP contribution in [-0.2, 0) is 0 Å². The largest absolute Gasteiger partial charge is 0.311 e. The summed E-state index contributed by atoms with van der Waals surface area (Å²) in [4.78, 5) is 0. The molecular weight excluding hydrogens is 190 g/mol. The molecule has 0 aromatic rings. The molecule has 0 aliphatic carbocycles. The van der Waals surface area contributed by atoms with E-state index in [-0.39, 0.29) is 0 Å². The minimum absolute atomic E-state index is 0.488. The van der Waals surface area contributed by atoms with Gasteiger partial charge in [0, 0.05) is 10.8 Å². The van der Waals surface area contributed by atoms with Gasteiger partial charge < -0.3 is 5.32 Å². The lowest BCUT2D eigenvalue weighted by atomic mass is 9.80. The molecule has 2 unspecified atom stereocenters. The Morgan fingerprint density at radius 2 is 2.29 bits per heavy atom. The van der Waals surface area contributed by atoms with Crippen LogP contribution in [0.1, 0.15) is 46.0 Å². The maximum atomic E-state index is 3.78. The number of rotatable bonds is 3. The van der Waals surface area contributed by atoms with Crippen LogP contribution >= 0.6 is 11.8 Å². The minimum atomic E-state index is 0.488. The highest BCUT2D eigenvalue weighted by atomic mass is 32.2. The van der Waals surface area contributed by atoms with E-state index in [0.29, 0.717) is 5.54 Å². The van der Waals surface area contributed by atoms with Gasteiger partial charge in [0.2, 0.25) is 0 Å². The number of nitrogens with one attached hydrogen (secondary N) is 1. The lowest BCUT2D eigenvalue weighted by molar-refractivity contribution is 0.249. The molecule has 2 heterocycles. The molecule has 0 aromatic heterocycles. The maximum Gasteiger partial charge on any atom is 0.0215 e. The Hall–Kier alpha value is 0.310. The molecule has 2 aliphatic rings. The van der Waals surface area contributed by atoms with Crippen LogP contribution in [0.2, 0.25) is 0 Å². The Morgan fingerprint density at radius 1 is 1.43 bits per heavy atom. The molecule has 0 radical (unpaired) electrons. The third kappa shape index (κ3) is 2.11. The van der Waals surface area contributed by atoms with Crippen LogP contribution < -0.4 is 5.32 Å². The van der Waals surface area contributed by atoms with E-state index in [0.717, 1.165) is 11.2 Å². The monoisotopic (exact) mass is 213 g/mol. The van der Waals surface area contributed by atoms with E-state index in [2.05, 4.69) is 30.9 Å². The summed E-state index contributed by atoms with van der Waals surface area (Å²) in [6.07, 6.45) is 7.11. The third-order valence-corrected chi connectivity index (χ3v) is 5.40. The first-order chi connectivity index (χ1) is 6.73. The topological polar surface area (TPSA) is 12.0 Å². The van der Waals surface area contributed by atoms with E-state index in [9.17, 15) is 0 Å². The molecule has 0 spiro atoms. The zero-order valence-electron chi connectivity index (χ0n) is 9.51. The van der Waals surface area contributed by atoms with Gasteiger partial charge in [-0.05, 0) is 50.3 Å². The van der Waals surface area contributed by atoms with Gasteiger partial charge in [0.1, 0.15) is 0 Å². The van der Waals surface area contributed by atoms with Crippen LogP contribution in [0.25, 0.3) is 0 Å². The molecule has 0 bridgehead atoms. The van der Waals surface area contributed by atoms with Crippen LogP contribution in [0.15, 0.2) is 0 Å². The van der Waals surface area contributed by atoms with Gasteiger partial charge in [-0.3, -0.25) is 0 Å². The van der Waals surface area contributed by atoms with Crippen molar-refractivity contribution in [2.75, 3.05) is 12.3 Å². The molecule has 2 rings (SSSR count). The first kappa shape index (κ1) is 10.8. The maximum absolute atomic E-state index is 3.78. The highest BCUT2D eigenvalue weighted by molar-refractivity contribution is 8.00. The van der Waals surface area contributed by atoms with E-state index >= 15 is 0 Å². The summed E-state index contributed by atoms with van der Waals surface area (Å²) in [6, 6.07) is 0. The van der Waals surface area contributed by atoms with E-state index in [1.807, 2.05) is 0 Å². The number of hydrogen-bond donors (Lipinski definition) is 1. The van der Waals surface area contributed by atoms with Gasteiger partial charge in [0.15, 0.2) is 0 Å². The van der Waals surface area contributed by atoms with Crippen LogP contribution in [0.3, 0.4) is 0 Å². The molecule has 0 amide bonds. The van der Waals surface area contributed by atoms with E-state index in [1.165, 1.54) is 44.4 Å². The summed E-state index contributed by atoms with van der Waals surface area (Å²) in [5.74, 6) is 2.20. The SMILES string of the molecule is CC(C)C1(CC2CCCS2)CCCN1. The Labute approximate surface area is 92.4 Å². The van der Waals surface area contributed by atoms with Crippen molar-refractivity contribution in [3.05, 3.63) is 0 Å². The quantitative estimate of drug-likeness (QED) is 0.773. The lowest BCUT2D eigenvalue weighted by Crippen LogP contribution is -2.46. The fourth-order valence-corrected chi connectivity index (χ4v) is 4.36. The predicted molar refractivity (Wildman–Crippen MR) is 64.9 cm³/mol. The van der Waals surface area contributed by atoms with Crippen LogP contribution in [0, 0.1) is 5.92 Å². The van der Waals surface area contributed by atoms with E-state index < -0.39 is 0 Å². The second-order valence-electron chi connectivity index (χ2n) is 5.18. The highest BCUT2D eigenvalue weighted by Gasteiger charge is 2.38. The van der Waals surface area contributed by atoms with Gasteiger partial charge in [-0.25, -0.2) is 0 Å². The predicted octanol–water partition coefficient (Wildman–Crippen LogP) is 3.05. The molecule has 2 aliphatic heterocycles. The zero-order chi connectivity index (χ0) is 10.0. The van der Waals surface area contributed by atoms with Crippen LogP contribution in [0.4, 0.5) is 0 Å². The zero-order valence-corrected chi connectivity index (χ0v) is 10.3. The first-order valence-electron chi connectivity index (χ1n) is 6.09. The molecule has 1 nitrogen and oxygen atoms in total. The molecule has 14 heavy (non-hydrogen) atoms. The summed E-state index contributed by atoms with van der Waals surface area (Å²) in [5.41, 5.74) is 0.488. The molecule has 0 saturated carbocycles. The summed E-state index contributed by atoms with van der Waals surface area (Å²) in [6.45, 7) is 6.02. The Morgan fingerprint density at radius 3 is 2.79 bits per heavy atom. The normalized spacial score (nSPS) is 38.4. The summed E-state index contributed by atoms with van der Waals surface area (Å²) >= 11 is 2.21. The van der Waals surface area contributed by atoms with Gasteiger partial charge in [0.05, 0.1) is 0 Å². The standard InChI is InChI=1S/C12H23NS/c1-10(2)12(6-4-7-13-12)9-11-5-3-8-14-11/h10-11,13H,3-9H2,1-2H3. The Bertz CT molecular complexity index is 179. The van der Waals surface area contributed by atoms with Crippen molar-refractivity contribution >= 4 is 11.8 Å². The molecule has 82 valence electrons. The van der Waals surface area contributed by atoms with Crippen molar-refractivity contribution in [1.82, 2.24) is 5.32 Å². The van der Waals surface area contributed by atoms with E-state index in [1.54, 1.807) is 0 Å². The van der Waals surface area contributed by atoms with Crippen molar-refractivity contribution in [3.8, 4) is 0 Å². The molecule has 1 N–H and O–H groups in total. The molecular formula is C12H23NS. The second kappa shape index (κ2) is 4.44. The smallest absolute Gasteiger partial charge is 0.0215 e. The Kier molecular flexibility index (Phi) is 3.43. The van der Waals surface area contributed by atoms with Crippen LogP contribution in [-0.4, -0.2) is 23.1 Å². The third-order valence-electron chi connectivity index (χ3n) is 4.00. The summed E-state index contributed by atoms with van der Waals surface area (Å²) in [5, 5.41) is 4.73. The summed E-state index contributed by atoms with van der Waals surface area (Å²) < 4.78 is 0. The fourth-order valence-electron chi connectivity index (χ4n) is 2.94. The average Bonchev–Trinajstić information content (AvgIpc) is 2.76. The molecule has 0 aromatic carbocycles. The van der Waals surface area contributed by atoms with Gasteiger partial charge in [0.25, 0.3) is 0 Å². The number of hydrogen-bond acceptors (Lipinski definition) is 2. The van der Waals surface area contributed by atoms with Crippen molar-refractivity contribution < 1.29 is 0 Å². The lowest BCUT2D eigenvalue weighted by Gasteiger charge is -2.36. The Balaban J connectivity index is 1.96.